The van der Waals surface area contributed by atoms with Gasteiger partial charge in [-0.1, -0.05) is 11.6 Å². The van der Waals surface area contributed by atoms with E-state index in [1.54, 1.807) is 54.9 Å². The lowest BCUT2D eigenvalue weighted by Gasteiger charge is -2.33. The Hall–Kier alpha value is -3.13. The molecule has 0 unspecified atom stereocenters. The summed E-state index contributed by atoms with van der Waals surface area (Å²) >= 11 is 6.56. The number of benzene rings is 2. The number of alkyl halides is 2. The SMILES string of the molecule is Cn1cc(-c2cc3c(cc2C(F)F)N(c2cc(Cl)c4c(c2)n(C)c(=O)n4C)CCC3)cn1. The summed E-state index contributed by atoms with van der Waals surface area (Å²) in [6, 6.07) is 7.15. The Morgan fingerprint density at radius 3 is 2.56 bits per heavy atom. The predicted molar refractivity (Wildman–Crippen MR) is 122 cm³/mol. The van der Waals surface area contributed by atoms with Crippen LogP contribution in [0.4, 0.5) is 20.2 Å². The molecule has 0 fully saturated rings. The monoisotopic (exact) mass is 457 g/mol. The van der Waals surface area contributed by atoms with Gasteiger partial charge >= 0.3 is 5.69 Å². The minimum absolute atomic E-state index is 0.0251. The van der Waals surface area contributed by atoms with Gasteiger partial charge in [0.2, 0.25) is 0 Å². The van der Waals surface area contributed by atoms with Gasteiger partial charge in [-0.3, -0.25) is 13.8 Å². The molecule has 6 nitrogen and oxygen atoms in total. The molecular weight excluding hydrogens is 436 g/mol. The van der Waals surface area contributed by atoms with Crippen LogP contribution < -0.4 is 10.6 Å². The van der Waals surface area contributed by atoms with E-state index in [9.17, 15) is 13.6 Å². The molecule has 2 aromatic carbocycles. The molecule has 166 valence electrons. The quantitative estimate of drug-likeness (QED) is 0.437. The number of rotatable bonds is 3. The average molecular weight is 458 g/mol. The van der Waals surface area contributed by atoms with Gasteiger partial charge in [0, 0.05) is 56.4 Å². The van der Waals surface area contributed by atoms with Gasteiger partial charge in [0.1, 0.15) is 0 Å². The van der Waals surface area contributed by atoms with Crippen LogP contribution in [0.3, 0.4) is 0 Å². The first-order valence-corrected chi connectivity index (χ1v) is 10.7. The van der Waals surface area contributed by atoms with Crippen molar-refractivity contribution in [2.75, 3.05) is 11.4 Å². The van der Waals surface area contributed by atoms with E-state index < -0.39 is 6.43 Å². The molecular formula is C23H22ClF2N5O. The summed E-state index contributed by atoms with van der Waals surface area (Å²) in [6.45, 7) is 0.671. The van der Waals surface area contributed by atoms with E-state index in [0.29, 0.717) is 33.7 Å². The molecule has 0 spiro atoms. The fourth-order valence-corrected chi connectivity index (χ4v) is 4.98. The Bertz CT molecular complexity index is 1420. The van der Waals surface area contributed by atoms with Crippen molar-refractivity contribution in [3.05, 3.63) is 63.3 Å². The molecule has 0 atom stereocenters. The molecule has 0 bridgehead atoms. The van der Waals surface area contributed by atoms with Gasteiger partial charge < -0.3 is 4.90 Å². The van der Waals surface area contributed by atoms with E-state index in [0.717, 1.165) is 29.8 Å². The van der Waals surface area contributed by atoms with Gasteiger partial charge in [0.15, 0.2) is 0 Å². The fraction of sp³-hybridized carbons (Fsp3) is 0.304. The van der Waals surface area contributed by atoms with Crippen molar-refractivity contribution in [1.82, 2.24) is 18.9 Å². The van der Waals surface area contributed by atoms with Crippen molar-refractivity contribution in [2.45, 2.75) is 19.3 Å². The molecule has 5 rings (SSSR count). The van der Waals surface area contributed by atoms with Crippen LogP contribution in [0, 0.1) is 0 Å². The van der Waals surface area contributed by atoms with E-state index in [1.165, 1.54) is 4.57 Å². The third kappa shape index (κ3) is 3.12. The zero-order chi connectivity index (χ0) is 22.7. The van der Waals surface area contributed by atoms with E-state index in [-0.39, 0.29) is 11.3 Å². The molecule has 1 aliphatic heterocycles. The number of hydrogen-bond acceptors (Lipinski definition) is 3. The van der Waals surface area contributed by atoms with Crippen molar-refractivity contribution in [1.29, 1.82) is 0 Å². The minimum Gasteiger partial charge on any atom is -0.341 e. The Balaban J connectivity index is 1.69. The topological polar surface area (TPSA) is 48.0 Å². The maximum Gasteiger partial charge on any atom is 0.328 e. The lowest BCUT2D eigenvalue weighted by Crippen LogP contribution is -2.25. The zero-order valence-corrected chi connectivity index (χ0v) is 18.7. The van der Waals surface area contributed by atoms with Gasteiger partial charge in [-0.25, -0.2) is 13.6 Å². The highest BCUT2D eigenvalue weighted by Gasteiger charge is 2.26. The Morgan fingerprint density at radius 1 is 1.09 bits per heavy atom. The highest BCUT2D eigenvalue weighted by Crippen LogP contribution is 2.42. The van der Waals surface area contributed by atoms with Crippen molar-refractivity contribution in [3.63, 3.8) is 0 Å². The molecule has 3 heterocycles. The van der Waals surface area contributed by atoms with Crippen molar-refractivity contribution < 1.29 is 8.78 Å². The second-order valence-corrected chi connectivity index (χ2v) is 8.63. The second kappa shape index (κ2) is 7.48. The highest BCUT2D eigenvalue weighted by molar-refractivity contribution is 6.35. The first-order valence-electron chi connectivity index (χ1n) is 10.3. The first-order chi connectivity index (χ1) is 15.3. The maximum absolute atomic E-state index is 14.1. The lowest BCUT2D eigenvalue weighted by molar-refractivity contribution is 0.152. The second-order valence-electron chi connectivity index (χ2n) is 8.22. The standard InChI is InChI=1S/C23H22ClF2N5O/c1-28-12-14(11-27-28)16-7-13-5-4-6-31(19(13)10-17(16)22(25)26)15-8-18(24)21-20(9-15)29(2)23(32)30(21)3/h7-12,22H,4-6H2,1-3H3. The number of aryl methyl sites for hydroxylation is 4. The van der Waals surface area contributed by atoms with E-state index in [2.05, 4.69) is 5.10 Å². The smallest absolute Gasteiger partial charge is 0.328 e. The molecule has 1 aliphatic rings. The fourth-order valence-electron chi connectivity index (χ4n) is 4.65. The number of halogens is 3. The Morgan fingerprint density at radius 2 is 1.88 bits per heavy atom. The van der Waals surface area contributed by atoms with Crippen LogP contribution in [0.25, 0.3) is 22.2 Å². The maximum atomic E-state index is 14.1. The molecule has 0 N–H and O–H groups in total. The number of fused-ring (bicyclic) bond motifs is 2. The highest BCUT2D eigenvalue weighted by atomic mass is 35.5. The van der Waals surface area contributed by atoms with Crippen LogP contribution in [0.5, 0.6) is 0 Å². The molecule has 2 aromatic heterocycles. The largest absolute Gasteiger partial charge is 0.341 e. The van der Waals surface area contributed by atoms with Gasteiger partial charge in [0.25, 0.3) is 6.43 Å². The third-order valence-electron chi connectivity index (χ3n) is 6.23. The third-order valence-corrected chi connectivity index (χ3v) is 6.52. The van der Waals surface area contributed by atoms with Crippen molar-refractivity contribution >= 4 is 34.0 Å². The Labute approximate surface area is 188 Å². The Kier molecular flexibility index (Phi) is 4.85. The molecule has 4 aromatic rings. The minimum atomic E-state index is -2.62. The van der Waals surface area contributed by atoms with Gasteiger partial charge in [-0.15, -0.1) is 0 Å². The van der Waals surface area contributed by atoms with Crippen molar-refractivity contribution in [2.24, 2.45) is 21.1 Å². The zero-order valence-electron chi connectivity index (χ0n) is 17.9. The van der Waals surface area contributed by atoms with Crippen LogP contribution in [-0.2, 0) is 27.6 Å². The molecule has 32 heavy (non-hydrogen) atoms. The molecule has 0 radical (unpaired) electrons. The van der Waals surface area contributed by atoms with Gasteiger partial charge in [-0.2, -0.15) is 5.10 Å². The van der Waals surface area contributed by atoms with Gasteiger partial charge in [-0.05, 0) is 48.2 Å². The molecule has 0 saturated heterocycles. The number of nitrogens with zero attached hydrogens (tertiary/aromatic N) is 5. The summed E-state index contributed by atoms with van der Waals surface area (Å²) in [4.78, 5) is 14.4. The number of anilines is 2. The summed E-state index contributed by atoms with van der Waals surface area (Å²) in [7, 11) is 5.15. The predicted octanol–water partition coefficient (Wildman–Crippen LogP) is 4.95. The van der Waals surface area contributed by atoms with Crippen LogP contribution in [-0.4, -0.2) is 25.5 Å². The summed E-state index contributed by atoms with van der Waals surface area (Å²) in [5, 5.41) is 4.59. The van der Waals surface area contributed by atoms with Crippen LogP contribution >= 0.6 is 11.6 Å². The molecule has 0 saturated carbocycles. The number of hydrogen-bond donors (Lipinski definition) is 0. The molecule has 9 heteroatoms. The first kappa shape index (κ1) is 20.8. The summed E-state index contributed by atoms with van der Waals surface area (Å²) < 4.78 is 32.8. The average Bonchev–Trinajstić information content (AvgIpc) is 3.29. The number of imidazole rings is 1. The van der Waals surface area contributed by atoms with E-state index in [1.807, 2.05) is 17.0 Å². The van der Waals surface area contributed by atoms with Crippen LogP contribution in [0.2, 0.25) is 5.02 Å². The van der Waals surface area contributed by atoms with E-state index in [4.69, 9.17) is 11.6 Å². The lowest BCUT2D eigenvalue weighted by atomic mass is 9.93. The summed E-state index contributed by atoms with van der Waals surface area (Å²) in [6.07, 6.45) is 2.40. The van der Waals surface area contributed by atoms with E-state index >= 15 is 0 Å². The number of aromatic nitrogens is 4. The molecule has 0 amide bonds. The van der Waals surface area contributed by atoms with Crippen LogP contribution in [0.15, 0.2) is 41.5 Å². The van der Waals surface area contributed by atoms with Crippen LogP contribution in [0.1, 0.15) is 24.0 Å². The van der Waals surface area contributed by atoms with Crippen molar-refractivity contribution in [3.8, 4) is 11.1 Å². The molecule has 0 aliphatic carbocycles. The summed E-state index contributed by atoms with van der Waals surface area (Å²) in [5.41, 5.74) is 4.86. The normalized spacial score (nSPS) is 13.9. The summed E-state index contributed by atoms with van der Waals surface area (Å²) in [5.74, 6) is 0. The van der Waals surface area contributed by atoms with Gasteiger partial charge in [0.05, 0.1) is 22.3 Å².